The van der Waals surface area contributed by atoms with Gasteiger partial charge >= 0.3 is 6.43 Å². The van der Waals surface area contributed by atoms with Gasteiger partial charge in [-0.25, -0.2) is 4.39 Å². The largest absolute Gasteiger partial charge is 0.386 e. The number of hydrogen-bond acceptors (Lipinski definition) is 5. The van der Waals surface area contributed by atoms with Gasteiger partial charge in [0.1, 0.15) is 12.8 Å². The number of nitrogens with one attached hydrogen (secondary N) is 2. The Bertz CT molecular complexity index is 926. The Morgan fingerprint density at radius 3 is 2.45 bits per heavy atom. The van der Waals surface area contributed by atoms with E-state index in [-0.39, 0.29) is 0 Å². The van der Waals surface area contributed by atoms with E-state index >= 15 is 0 Å². The fraction of sp³-hybridized carbons (Fsp3) is 0.500. The Kier molecular flexibility index (Phi) is 7.31. The number of aliphatic hydroxyl groups excluding tert-OH is 1. The third-order valence-electron chi connectivity index (χ3n) is 6.50. The van der Waals surface area contributed by atoms with Crippen molar-refractivity contribution in [2.24, 2.45) is 0 Å². The standard InChI is InChI=1S/C24H29F3N4O2/c25-11-20(30-23(33)22(26)27)21(32)17-5-3-16(4-6-17)18-7-8-19(28-12-18)13-31-14-24(15-31)9-1-2-10-29-24/h3-8,12,20-22,29,32H,1-2,9-11,13-15H2,(H,30,33)/t20-,21-/m1/s1. The van der Waals surface area contributed by atoms with Gasteiger partial charge in [-0.3, -0.25) is 14.7 Å². The van der Waals surface area contributed by atoms with Gasteiger partial charge in [0, 0.05) is 36.9 Å². The second kappa shape index (κ2) is 10.2. The van der Waals surface area contributed by atoms with Crippen molar-refractivity contribution >= 4 is 5.91 Å². The third-order valence-corrected chi connectivity index (χ3v) is 6.50. The molecule has 2 aliphatic heterocycles. The molecule has 2 aliphatic rings. The lowest BCUT2D eigenvalue weighted by molar-refractivity contribution is -0.133. The van der Waals surface area contributed by atoms with E-state index in [0.29, 0.717) is 11.1 Å². The molecule has 2 aromatic rings. The monoisotopic (exact) mass is 462 g/mol. The summed E-state index contributed by atoms with van der Waals surface area (Å²) in [6, 6.07) is 9.19. The van der Waals surface area contributed by atoms with Crippen molar-refractivity contribution in [3.05, 3.63) is 53.9 Å². The first-order valence-electron chi connectivity index (χ1n) is 11.2. The first-order valence-corrected chi connectivity index (χ1v) is 11.2. The van der Waals surface area contributed by atoms with E-state index < -0.39 is 31.2 Å². The topological polar surface area (TPSA) is 77.5 Å². The van der Waals surface area contributed by atoms with Crippen molar-refractivity contribution in [2.75, 3.05) is 26.3 Å². The number of carbonyl (C=O) groups excluding carboxylic acids is 1. The summed E-state index contributed by atoms with van der Waals surface area (Å²) in [7, 11) is 0. The molecule has 2 fully saturated rings. The minimum absolute atomic E-state index is 0.300. The first kappa shape index (κ1) is 23.7. The first-order chi connectivity index (χ1) is 15.9. The molecule has 2 saturated heterocycles. The van der Waals surface area contributed by atoms with E-state index in [0.717, 1.165) is 43.0 Å². The van der Waals surface area contributed by atoms with Crippen molar-refractivity contribution < 1.29 is 23.1 Å². The van der Waals surface area contributed by atoms with Crippen LogP contribution in [-0.4, -0.2) is 65.2 Å². The second-order valence-corrected chi connectivity index (χ2v) is 8.98. The summed E-state index contributed by atoms with van der Waals surface area (Å²) in [6.07, 6.45) is 0.882. The number of hydrogen-bond donors (Lipinski definition) is 3. The van der Waals surface area contributed by atoms with Crippen molar-refractivity contribution in [2.45, 2.75) is 49.9 Å². The molecule has 0 saturated carbocycles. The molecule has 1 amide bonds. The van der Waals surface area contributed by atoms with Crippen LogP contribution in [0, 0.1) is 0 Å². The lowest BCUT2D eigenvalue weighted by atomic mass is 9.82. The molecule has 2 atom stereocenters. The fourth-order valence-electron chi connectivity index (χ4n) is 4.69. The molecule has 1 aromatic heterocycles. The number of carbonyl (C=O) groups is 1. The van der Waals surface area contributed by atoms with Gasteiger partial charge in [-0.1, -0.05) is 36.8 Å². The highest BCUT2D eigenvalue weighted by molar-refractivity contribution is 5.79. The van der Waals surface area contributed by atoms with E-state index in [1.807, 2.05) is 17.4 Å². The SMILES string of the molecule is O=C(N[C@H](CF)[C@H](O)c1ccc(-c2ccc(CN3CC4(CCCCN4)C3)nc2)cc1)C(F)F. The predicted octanol–water partition coefficient (Wildman–Crippen LogP) is 2.83. The molecule has 0 bridgehead atoms. The van der Waals surface area contributed by atoms with Gasteiger partial charge in [0.25, 0.3) is 5.91 Å². The number of likely N-dealkylation sites (tertiary alicyclic amines) is 1. The highest BCUT2D eigenvalue weighted by Crippen LogP contribution is 2.30. The highest BCUT2D eigenvalue weighted by Gasteiger charge is 2.43. The maximum absolute atomic E-state index is 13.2. The number of aliphatic hydroxyl groups is 1. The molecule has 178 valence electrons. The van der Waals surface area contributed by atoms with Crippen molar-refractivity contribution in [1.29, 1.82) is 0 Å². The van der Waals surface area contributed by atoms with E-state index in [4.69, 9.17) is 0 Å². The van der Waals surface area contributed by atoms with E-state index in [9.17, 15) is 23.1 Å². The van der Waals surface area contributed by atoms with Gasteiger partial charge in [0.05, 0.1) is 11.7 Å². The molecular formula is C24H29F3N4O2. The number of aromatic nitrogens is 1. The molecule has 33 heavy (non-hydrogen) atoms. The van der Waals surface area contributed by atoms with Crippen LogP contribution in [-0.2, 0) is 11.3 Å². The summed E-state index contributed by atoms with van der Waals surface area (Å²) in [5.41, 5.74) is 3.36. The van der Waals surface area contributed by atoms with Gasteiger partial charge in [0.2, 0.25) is 0 Å². The number of piperidine rings is 1. The summed E-state index contributed by atoms with van der Waals surface area (Å²) >= 11 is 0. The molecular weight excluding hydrogens is 433 g/mol. The maximum Gasteiger partial charge on any atom is 0.315 e. The smallest absolute Gasteiger partial charge is 0.315 e. The molecule has 3 N–H and O–H groups in total. The van der Waals surface area contributed by atoms with Crippen LogP contribution in [0.3, 0.4) is 0 Å². The molecule has 6 nitrogen and oxygen atoms in total. The number of nitrogens with zero attached hydrogens (tertiary/aromatic N) is 2. The van der Waals surface area contributed by atoms with Crippen LogP contribution in [0.2, 0.25) is 0 Å². The Morgan fingerprint density at radius 1 is 1.15 bits per heavy atom. The Hall–Kier alpha value is -2.49. The van der Waals surface area contributed by atoms with Crippen LogP contribution in [0.1, 0.15) is 36.6 Å². The van der Waals surface area contributed by atoms with Gasteiger partial charge in [0.15, 0.2) is 0 Å². The predicted molar refractivity (Wildman–Crippen MR) is 118 cm³/mol. The van der Waals surface area contributed by atoms with Crippen molar-refractivity contribution in [3.63, 3.8) is 0 Å². The second-order valence-electron chi connectivity index (χ2n) is 8.98. The average Bonchev–Trinajstić information content (AvgIpc) is 2.82. The normalized spacial score (nSPS) is 19.8. The summed E-state index contributed by atoms with van der Waals surface area (Å²) < 4.78 is 38.0. The van der Waals surface area contributed by atoms with Gasteiger partial charge < -0.3 is 15.7 Å². The van der Waals surface area contributed by atoms with Crippen LogP contribution in [0.4, 0.5) is 13.2 Å². The number of pyridine rings is 1. The summed E-state index contributed by atoms with van der Waals surface area (Å²) in [5, 5.41) is 15.8. The van der Waals surface area contributed by atoms with Crippen LogP contribution in [0.5, 0.6) is 0 Å². The van der Waals surface area contributed by atoms with Crippen LogP contribution < -0.4 is 10.6 Å². The minimum atomic E-state index is -3.27. The Balaban J connectivity index is 1.33. The zero-order chi connectivity index (χ0) is 23.4. The number of alkyl halides is 3. The molecule has 1 aromatic carbocycles. The molecule has 1 spiro atoms. The minimum Gasteiger partial charge on any atom is -0.386 e. The molecule has 0 radical (unpaired) electrons. The van der Waals surface area contributed by atoms with Gasteiger partial charge in [-0.2, -0.15) is 8.78 Å². The van der Waals surface area contributed by atoms with Gasteiger partial charge in [-0.05, 0) is 36.6 Å². The fourth-order valence-corrected chi connectivity index (χ4v) is 4.69. The van der Waals surface area contributed by atoms with Crippen molar-refractivity contribution in [1.82, 2.24) is 20.5 Å². The lowest BCUT2D eigenvalue weighted by Crippen LogP contribution is -2.69. The zero-order valence-electron chi connectivity index (χ0n) is 18.3. The molecule has 0 aliphatic carbocycles. The van der Waals surface area contributed by atoms with E-state index in [2.05, 4.69) is 15.2 Å². The van der Waals surface area contributed by atoms with E-state index in [1.165, 1.54) is 19.3 Å². The summed E-state index contributed by atoms with van der Waals surface area (Å²) in [6.45, 7) is 2.86. The Labute approximate surface area is 191 Å². The number of amides is 1. The molecule has 4 rings (SSSR count). The number of rotatable bonds is 8. The quantitative estimate of drug-likeness (QED) is 0.563. The average molecular weight is 463 g/mol. The summed E-state index contributed by atoms with van der Waals surface area (Å²) in [4.78, 5) is 18.1. The van der Waals surface area contributed by atoms with Crippen molar-refractivity contribution in [3.8, 4) is 11.1 Å². The highest BCUT2D eigenvalue weighted by atomic mass is 19.3. The lowest BCUT2D eigenvalue weighted by Gasteiger charge is -2.52. The Morgan fingerprint density at radius 2 is 1.88 bits per heavy atom. The molecule has 9 heteroatoms. The molecule has 0 unspecified atom stereocenters. The number of halogens is 3. The molecule has 3 heterocycles. The van der Waals surface area contributed by atoms with Crippen LogP contribution in [0.25, 0.3) is 11.1 Å². The summed E-state index contributed by atoms with van der Waals surface area (Å²) in [5.74, 6) is -1.61. The van der Waals surface area contributed by atoms with Crippen LogP contribution in [0.15, 0.2) is 42.6 Å². The number of benzene rings is 1. The zero-order valence-corrected chi connectivity index (χ0v) is 18.3. The van der Waals surface area contributed by atoms with E-state index in [1.54, 1.807) is 30.5 Å². The third kappa shape index (κ3) is 5.54. The van der Waals surface area contributed by atoms with Crippen LogP contribution >= 0.6 is 0 Å². The van der Waals surface area contributed by atoms with Gasteiger partial charge in [-0.15, -0.1) is 0 Å². The maximum atomic E-state index is 13.2.